The molecule has 1 aliphatic rings. The Labute approximate surface area is 103 Å². The normalized spacial score (nSPS) is 17.2. The Morgan fingerprint density at radius 2 is 2.12 bits per heavy atom. The lowest BCUT2D eigenvalue weighted by molar-refractivity contribution is 0.0693. The third kappa shape index (κ3) is 2.86. The second-order valence-electron chi connectivity index (χ2n) is 4.84. The van der Waals surface area contributed by atoms with Crippen LogP contribution in [0.5, 0.6) is 0 Å². The molecular weight excluding hydrogens is 212 g/mol. The quantitative estimate of drug-likeness (QED) is 0.845. The first-order valence-electron chi connectivity index (χ1n) is 6.26. The lowest BCUT2D eigenvalue weighted by Gasteiger charge is -2.31. The number of likely N-dealkylation sites (tertiary alicyclic amines) is 1. The molecule has 3 nitrogen and oxygen atoms in total. The summed E-state index contributed by atoms with van der Waals surface area (Å²) in [5, 5.41) is 0. The van der Waals surface area contributed by atoms with E-state index >= 15 is 0 Å². The van der Waals surface area contributed by atoms with Gasteiger partial charge in [0, 0.05) is 18.7 Å². The summed E-state index contributed by atoms with van der Waals surface area (Å²) in [6, 6.07) is 7.80. The molecule has 1 aliphatic heterocycles. The van der Waals surface area contributed by atoms with E-state index in [1.54, 1.807) is 0 Å². The predicted molar refractivity (Wildman–Crippen MR) is 68.9 cm³/mol. The standard InChI is InChI=1S/C14H20N2O/c1-11-3-2-4-13(9-11)14(17)16-7-5-12(10-15)6-8-16/h2-4,9,12H,5-8,10,15H2,1H3. The Morgan fingerprint density at radius 1 is 1.41 bits per heavy atom. The Morgan fingerprint density at radius 3 is 2.71 bits per heavy atom. The van der Waals surface area contributed by atoms with E-state index in [4.69, 9.17) is 5.73 Å². The van der Waals surface area contributed by atoms with Crippen molar-refractivity contribution in [3.8, 4) is 0 Å². The van der Waals surface area contributed by atoms with Crippen LogP contribution in [0.4, 0.5) is 0 Å². The molecule has 3 heteroatoms. The summed E-state index contributed by atoms with van der Waals surface area (Å²) in [7, 11) is 0. The highest BCUT2D eigenvalue weighted by Gasteiger charge is 2.22. The Balaban J connectivity index is 2.02. The molecule has 0 unspecified atom stereocenters. The molecule has 2 rings (SSSR count). The van der Waals surface area contributed by atoms with Gasteiger partial charge in [-0.3, -0.25) is 4.79 Å². The van der Waals surface area contributed by atoms with Crippen molar-refractivity contribution in [1.82, 2.24) is 4.90 Å². The monoisotopic (exact) mass is 232 g/mol. The first-order valence-corrected chi connectivity index (χ1v) is 6.26. The fourth-order valence-electron chi connectivity index (χ4n) is 2.33. The molecule has 1 aromatic carbocycles. The molecule has 0 aliphatic carbocycles. The highest BCUT2D eigenvalue weighted by molar-refractivity contribution is 5.94. The summed E-state index contributed by atoms with van der Waals surface area (Å²) in [6.45, 7) is 4.44. The van der Waals surface area contributed by atoms with Gasteiger partial charge in [-0.1, -0.05) is 17.7 Å². The number of carbonyl (C=O) groups excluding carboxylic acids is 1. The summed E-state index contributed by atoms with van der Waals surface area (Å²) >= 11 is 0. The van der Waals surface area contributed by atoms with Gasteiger partial charge < -0.3 is 10.6 Å². The fraction of sp³-hybridized carbons (Fsp3) is 0.500. The molecule has 0 atom stereocenters. The van der Waals surface area contributed by atoms with Gasteiger partial charge in [0.25, 0.3) is 5.91 Å². The van der Waals surface area contributed by atoms with Crippen LogP contribution in [0, 0.1) is 12.8 Å². The predicted octanol–water partition coefficient (Wildman–Crippen LogP) is 1.81. The summed E-state index contributed by atoms with van der Waals surface area (Å²) in [6.07, 6.45) is 2.07. The molecule has 0 aromatic heterocycles. The van der Waals surface area contributed by atoms with Crippen LogP contribution in [0.3, 0.4) is 0 Å². The third-order valence-corrected chi connectivity index (χ3v) is 3.50. The number of nitrogens with zero attached hydrogens (tertiary/aromatic N) is 1. The second-order valence-corrected chi connectivity index (χ2v) is 4.84. The molecule has 2 N–H and O–H groups in total. The molecule has 92 valence electrons. The van der Waals surface area contributed by atoms with Crippen molar-refractivity contribution in [2.45, 2.75) is 19.8 Å². The molecule has 1 amide bonds. The summed E-state index contributed by atoms with van der Waals surface area (Å²) < 4.78 is 0. The molecule has 0 spiro atoms. The highest BCUT2D eigenvalue weighted by atomic mass is 16.2. The highest BCUT2D eigenvalue weighted by Crippen LogP contribution is 2.18. The van der Waals surface area contributed by atoms with Gasteiger partial charge in [0.2, 0.25) is 0 Å². The van der Waals surface area contributed by atoms with Gasteiger partial charge in [-0.15, -0.1) is 0 Å². The van der Waals surface area contributed by atoms with Crippen molar-refractivity contribution >= 4 is 5.91 Å². The molecular formula is C14H20N2O. The Bertz CT molecular complexity index is 395. The van der Waals surface area contributed by atoms with E-state index in [0.717, 1.165) is 43.6 Å². The van der Waals surface area contributed by atoms with Gasteiger partial charge in [-0.05, 0) is 44.4 Å². The molecule has 0 saturated carbocycles. The number of nitrogens with two attached hydrogens (primary N) is 1. The molecule has 1 aromatic rings. The van der Waals surface area contributed by atoms with E-state index in [9.17, 15) is 4.79 Å². The smallest absolute Gasteiger partial charge is 0.253 e. The number of amides is 1. The van der Waals surface area contributed by atoms with E-state index in [-0.39, 0.29) is 5.91 Å². The molecule has 17 heavy (non-hydrogen) atoms. The van der Waals surface area contributed by atoms with Crippen LogP contribution in [-0.4, -0.2) is 30.4 Å². The minimum atomic E-state index is 0.157. The van der Waals surface area contributed by atoms with Crippen LogP contribution in [-0.2, 0) is 0 Å². The van der Waals surface area contributed by atoms with E-state index in [2.05, 4.69) is 0 Å². The van der Waals surface area contributed by atoms with Crippen LogP contribution < -0.4 is 5.73 Å². The minimum absolute atomic E-state index is 0.157. The van der Waals surface area contributed by atoms with E-state index < -0.39 is 0 Å². The minimum Gasteiger partial charge on any atom is -0.339 e. The van der Waals surface area contributed by atoms with Gasteiger partial charge in [0.15, 0.2) is 0 Å². The Kier molecular flexibility index (Phi) is 3.79. The van der Waals surface area contributed by atoms with Crippen molar-refractivity contribution in [2.75, 3.05) is 19.6 Å². The lowest BCUT2D eigenvalue weighted by Crippen LogP contribution is -2.40. The zero-order valence-corrected chi connectivity index (χ0v) is 10.4. The van der Waals surface area contributed by atoms with Crippen molar-refractivity contribution in [1.29, 1.82) is 0 Å². The molecule has 0 bridgehead atoms. The van der Waals surface area contributed by atoms with Gasteiger partial charge in [0.05, 0.1) is 0 Å². The van der Waals surface area contributed by atoms with Crippen LogP contribution in [0.15, 0.2) is 24.3 Å². The molecule has 1 fully saturated rings. The van der Waals surface area contributed by atoms with Crippen molar-refractivity contribution in [3.05, 3.63) is 35.4 Å². The van der Waals surface area contributed by atoms with Crippen molar-refractivity contribution in [2.24, 2.45) is 11.7 Å². The molecule has 1 saturated heterocycles. The maximum absolute atomic E-state index is 12.2. The third-order valence-electron chi connectivity index (χ3n) is 3.50. The molecule has 0 radical (unpaired) electrons. The average Bonchev–Trinajstić information content (AvgIpc) is 2.38. The zero-order valence-electron chi connectivity index (χ0n) is 10.4. The summed E-state index contributed by atoms with van der Waals surface area (Å²) in [5.41, 5.74) is 7.59. The number of rotatable bonds is 2. The maximum Gasteiger partial charge on any atom is 0.253 e. The number of hydrogen-bond acceptors (Lipinski definition) is 2. The first kappa shape index (κ1) is 12.1. The van der Waals surface area contributed by atoms with Crippen molar-refractivity contribution in [3.63, 3.8) is 0 Å². The number of piperidine rings is 1. The average molecular weight is 232 g/mol. The fourth-order valence-corrected chi connectivity index (χ4v) is 2.33. The maximum atomic E-state index is 12.2. The lowest BCUT2D eigenvalue weighted by atomic mass is 9.96. The van der Waals surface area contributed by atoms with E-state index in [0.29, 0.717) is 5.92 Å². The summed E-state index contributed by atoms with van der Waals surface area (Å²) in [5.74, 6) is 0.751. The van der Waals surface area contributed by atoms with Gasteiger partial charge in [-0.2, -0.15) is 0 Å². The Hall–Kier alpha value is -1.35. The number of hydrogen-bond donors (Lipinski definition) is 1. The van der Waals surface area contributed by atoms with E-state index in [1.807, 2.05) is 36.1 Å². The van der Waals surface area contributed by atoms with Crippen LogP contribution in [0.2, 0.25) is 0 Å². The van der Waals surface area contributed by atoms with Crippen LogP contribution in [0.25, 0.3) is 0 Å². The largest absolute Gasteiger partial charge is 0.339 e. The number of benzene rings is 1. The van der Waals surface area contributed by atoms with Crippen molar-refractivity contribution < 1.29 is 4.79 Å². The van der Waals surface area contributed by atoms with Gasteiger partial charge >= 0.3 is 0 Å². The molecule has 1 heterocycles. The number of aryl methyl sites for hydroxylation is 1. The first-order chi connectivity index (χ1) is 8.20. The van der Waals surface area contributed by atoms with Crippen LogP contribution >= 0.6 is 0 Å². The van der Waals surface area contributed by atoms with Crippen LogP contribution in [0.1, 0.15) is 28.8 Å². The van der Waals surface area contributed by atoms with Gasteiger partial charge in [0.1, 0.15) is 0 Å². The second kappa shape index (κ2) is 5.32. The zero-order chi connectivity index (χ0) is 12.3. The SMILES string of the molecule is Cc1cccc(C(=O)N2CCC(CN)CC2)c1. The number of carbonyl (C=O) groups is 1. The van der Waals surface area contributed by atoms with E-state index in [1.165, 1.54) is 0 Å². The van der Waals surface area contributed by atoms with Gasteiger partial charge in [-0.25, -0.2) is 0 Å². The summed E-state index contributed by atoms with van der Waals surface area (Å²) in [4.78, 5) is 14.2. The topological polar surface area (TPSA) is 46.3 Å².